The lowest BCUT2D eigenvalue weighted by Crippen LogP contribution is -2.42. The summed E-state index contributed by atoms with van der Waals surface area (Å²) in [6.07, 6.45) is 5.39. The van der Waals surface area contributed by atoms with Gasteiger partial charge in [-0.05, 0) is 61.2 Å². The second-order valence-electron chi connectivity index (χ2n) is 9.03. The van der Waals surface area contributed by atoms with Crippen LogP contribution in [0.1, 0.15) is 41.6 Å². The predicted octanol–water partition coefficient (Wildman–Crippen LogP) is 3.23. The number of nitrogens with one attached hydrogen (secondary N) is 3. The van der Waals surface area contributed by atoms with E-state index >= 15 is 0 Å². The summed E-state index contributed by atoms with van der Waals surface area (Å²) in [7, 11) is 0. The van der Waals surface area contributed by atoms with E-state index in [1.54, 1.807) is 0 Å². The third-order valence-corrected chi connectivity index (χ3v) is 6.82. The van der Waals surface area contributed by atoms with Gasteiger partial charge in [0, 0.05) is 48.8 Å². The lowest BCUT2D eigenvalue weighted by Gasteiger charge is -2.31. The minimum atomic E-state index is -0.0143. The number of morpholine rings is 1. The Morgan fingerprint density at radius 2 is 1.81 bits per heavy atom. The first-order valence-corrected chi connectivity index (χ1v) is 11.8. The largest absolute Gasteiger partial charge is 0.381 e. The Labute approximate surface area is 189 Å². The zero-order valence-electron chi connectivity index (χ0n) is 18.5. The summed E-state index contributed by atoms with van der Waals surface area (Å²) in [6, 6.07) is 13.0. The molecule has 2 atom stereocenters. The van der Waals surface area contributed by atoms with E-state index in [0.717, 1.165) is 73.8 Å². The van der Waals surface area contributed by atoms with Crippen molar-refractivity contribution in [2.24, 2.45) is 5.73 Å². The standard InChI is InChI=1S/C25H33N5O2/c26-21-3-1-2-4-22(21)29-19-15-17-9-10-27-25(31)24(17)23(16-19)28-18-5-7-20(8-6-18)30-11-13-32-14-12-30/h5-8,15-16,21-22,28-29H,1-4,9-14,26H2,(H,27,31). The second-order valence-corrected chi connectivity index (χ2v) is 9.03. The van der Waals surface area contributed by atoms with Crippen LogP contribution in [0.4, 0.5) is 22.7 Å². The molecule has 1 saturated heterocycles. The molecule has 5 rings (SSSR count). The van der Waals surface area contributed by atoms with Crippen LogP contribution in [-0.4, -0.2) is 50.8 Å². The normalized spacial score (nSPS) is 23.3. The van der Waals surface area contributed by atoms with Crippen LogP contribution in [0.15, 0.2) is 36.4 Å². The number of anilines is 4. The van der Waals surface area contributed by atoms with Crippen LogP contribution in [0.3, 0.4) is 0 Å². The Morgan fingerprint density at radius 1 is 1.03 bits per heavy atom. The first-order chi connectivity index (χ1) is 15.7. The van der Waals surface area contributed by atoms with Gasteiger partial charge in [0.05, 0.1) is 24.5 Å². The van der Waals surface area contributed by atoms with E-state index in [9.17, 15) is 4.79 Å². The molecule has 170 valence electrons. The second kappa shape index (κ2) is 9.38. The van der Waals surface area contributed by atoms with Gasteiger partial charge < -0.3 is 31.3 Å². The maximum absolute atomic E-state index is 12.7. The minimum absolute atomic E-state index is 0.0143. The molecule has 2 aliphatic heterocycles. The van der Waals surface area contributed by atoms with E-state index in [4.69, 9.17) is 10.5 Å². The Balaban J connectivity index is 1.39. The molecule has 7 heteroatoms. The molecule has 2 heterocycles. The molecular formula is C25H33N5O2. The molecule has 2 aromatic carbocycles. The molecule has 7 nitrogen and oxygen atoms in total. The molecule has 0 radical (unpaired) electrons. The van der Waals surface area contributed by atoms with E-state index in [0.29, 0.717) is 6.54 Å². The van der Waals surface area contributed by atoms with Crippen molar-refractivity contribution in [1.82, 2.24) is 5.32 Å². The van der Waals surface area contributed by atoms with E-state index in [1.807, 2.05) is 0 Å². The fraction of sp³-hybridized carbons (Fsp3) is 0.480. The smallest absolute Gasteiger partial charge is 0.253 e. The lowest BCUT2D eigenvalue weighted by atomic mass is 9.90. The van der Waals surface area contributed by atoms with Crippen molar-refractivity contribution in [1.29, 1.82) is 0 Å². The van der Waals surface area contributed by atoms with Crippen LogP contribution in [0.5, 0.6) is 0 Å². The molecule has 2 fully saturated rings. The fourth-order valence-corrected chi connectivity index (χ4v) is 5.03. The maximum atomic E-state index is 12.7. The van der Waals surface area contributed by atoms with Crippen LogP contribution in [0.2, 0.25) is 0 Å². The predicted molar refractivity (Wildman–Crippen MR) is 129 cm³/mol. The van der Waals surface area contributed by atoms with Crippen molar-refractivity contribution < 1.29 is 9.53 Å². The molecule has 32 heavy (non-hydrogen) atoms. The Hall–Kier alpha value is -2.77. The number of hydrogen-bond acceptors (Lipinski definition) is 6. The molecule has 5 N–H and O–H groups in total. The van der Waals surface area contributed by atoms with Gasteiger partial charge in [0.2, 0.25) is 0 Å². The summed E-state index contributed by atoms with van der Waals surface area (Å²) in [5, 5.41) is 10.2. The Kier molecular flexibility index (Phi) is 6.19. The quantitative estimate of drug-likeness (QED) is 0.576. The SMILES string of the molecule is NC1CCCCC1Nc1cc2c(c(Nc3ccc(N4CCOCC4)cc3)c1)C(=O)NCC2. The van der Waals surface area contributed by atoms with Gasteiger partial charge in [-0.25, -0.2) is 0 Å². The van der Waals surface area contributed by atoms with Gasteiger partial charge in [-0.2, -0.15) is 0 Å². The van der Waals surface area contributed by atoms with Gasteiger partial charge >= 0.3 is 0 Å². The van der Waals surface area contributed by atoms with Crippen LogP contribution < -0.4 is 26.6 Å². The number of rotatable bonds is 5. The summed E-state index contributed by atoms with van der Waals surface area (Å²) in [5.41, 5.74) is 12.2. The molecule has 3 aliphatic rings. The van der Waals surface area contributed by atoms with Crippen molar-refractivity contribution in [3.05, 3.63) is 47.5 Å². The molecule has 2 unspecified atom stereocenters. The molecule has 0 spiro atoms. The molecule has 0 bridgehead atoms. The average Bonchev–Trinajstić information content (AvgIpc) is 2.82. The highest BCUT2D eigenvalue weighted by Gasteiger charge is 2.25. The number of hydrogen-bond donors (Lipinski definition) is 4. The number of benzene rings is 2. The minimum Gasteiger partial charge on any atom is -0.381 e. The van der Waals surface area contributed by atoms with E-state index in [2.05, 4.69) is 57.2 Å². The highest BCUT2D eigenvalue weighted by atomic mass is 16.5. The van der Waals surface area contributed by atoms with E-state index < -0.39 is 0 Å². The highest BCUT2D eigenvalue weighted by molar-refractivity contribution is 6.03. The molecule has 1 aliphatic carbocycles. The number of fused-ring (bicyclic) bond motifs is 1. The maximum Gasteiger partial charge on any atom is 0.253 e. The van der Waals surface area contributed by atoms with Crippen LogP contribution >= 0.6 is 0 Å². The van der Waals surface area contributed by atoms with Gasteiger partial charge in [-0.3, -0.25) is 4.79 Å². The highest BCUT2D eigenvalue weighted by Crippen LogP contribution is 2.32. The van der Waals surface area contributed by atoms with Crippen LogP contribution in [0, 0.1) is 0 Å². The lowest BCUT2D eigenvalue weighted by molar-refractivity contribution is 0.0947. The molecule has 1 amide bonds. The van der Waals surface area contributed by atoms with Crippen LogP contribution in [-0.2, 0) is 11.2 Å². The van der Waals surface area contributed by atoms with Gasteiger partial charge in [-0.15, -0.1) is 0 Å². The number of carbonyl (C=O) groups is 1. The van der Waals surface area contributed by atoms with Gasteiger partial charge in [0.15, 0.2) is 0 Å². The van der Waals surface area contributed by atoms with Crippen molar-refractivity contribution in [3.63, 3.8) is 0 Å². The zero-order chi connectivity index (χ0) is 21.9. The first-order valence-electron chi connectivity index (χ1n) is 11.8. The zero-order valence-corrected chi connectivity index (χ0v) is 18.5. The summed E-state index contributed by atoms with van der Waals surface area (Å²) >= 11 is 0. The van der Waals surface area contributed by atoms with Gasteiger partial charge in [-0.1, -0.05) is 12.8 Å². The molecule has 0 aromatic heterocycles. The van der Waals surface area contributed by atoms with E-state index in [1.165, 1.54) is 18.5 Å². The third kappa shape index (κ3) is 4.54. The topological polar surface area (TPSA) is 91.7 Å². The Morgan fingerprint density at radius 3 is 2.59 bits per heavy atom. The molecule has 2 aromatic rings. The third-order valence-electron chi connectivity index (χ3n) is 6.82. The summed E-state index contributed by atoms with van der Waals surface area (Å²) < 4.78 is 5.45. The van der Waals surface area contributed by atoms with Gasteiger partial charge in [0.25, 0.3) is 5.91 Å². The number of carbonyl (C=O) groups excluding carboxylic acids is 1. The van der Waals surface area contributed by atoms with E-state index in [-0.39, 0.29) is 18.0 Å². The number of nitrogens with two attached hydrogens (primary N) is 1. The summed E-state index contributed by atoms with van der Waals surface area (Å²) in [5.74, 6) is -0.0143. The van der Waals surface area contributed by atoms with Crippen molar-refractivity contribution in [2.45, 2.75) is 44.2 Å². The molecular weight excluding hydrogens is 402 g/mol. The number of ether oxygens (including phenoxy) is 1. The Bertz CT molecular complexity index is 956. The van der Waals surface area contributed by atoms with Crippen molar-refractivity contribution in [3.8, 4) is 0 Å². The monoisotopic (exact) mass is 435 g/mol. The first kappa shape index (κ1) is 21.1. The van der Waals surface area contributed by atoms with Crippen LogP contribution in [0.25, 0.3) is 0 Å². The number of amides is 1. The van der Waals surface area contributed by atoms with Crippen molar-refractivity contribution >= 4 is 28.7 Å². The summed E-state index contributed by atoms with van der Waals surface area (Å²) in [4.78, 5) is 15.0. The number of nitrogens with zero attached hydrogens (tertiary/aromatic N) is 1. The summed E-state index contributed by atoms with van der Waals surface area (Å²) in [6.45, 7) is 4.04. The van der Waals surface area contributed by atoms with Gasteiger partial charge in [0.1, 0.15) is 0 Å². The van der Waals surface area contributed by atoms with Crippen molar-refractivity contribution in [2.75, 3.05) is 48.4 Å². The fourth-order valence-electron chi connectivity index (χ4n) is 5.03. The average molecular weight is 436 g/mol. The molecule has 1 saturated carbocycles.